The lowest BCUT2D eigenvalue weighted by atomic mass is 9.82. The Morgan fingerprint density at radius 2 is 1.72 bits per heavy atom. The highest BCUT2D eigenvalue weighted by Gasteiger charge is 2.36. The van der Waals surface area contributed by atoms with Gasteiger partial charge in [0, 0.05) is 30.5 Å². The number of rotatable bonds is 6. The van der Waals surface area contributed by atoms with Crippen LogP contribution in [0.3, 0.4) is 0 Å². The Morgan fingerprint density at radius 1 is 1.12 bits per heavy atom. The van der Waals surface area contributed by atoms with E-state index in [0.29, 0.717) is 28.4 Å². The van der Waals surface area contributed by atoms with Gasteiger partial charge in [0.15, 0.2) is 17.7 Å². The zero-order valence-corrected chi connectivity index (χ0v) is 20.1. The maximum atomic E-state index is 12.4. The predicted octanol–water partition coefficient (Wildman–Crippen LogP) is 4.42. The largest absolute Gasteiger partial charge is 0.494 e. The first kappa shape index (κ1) is 23.9. The van der Waals surface area contributed by atoms with Gasteiger partial charge < -0.3 is 19.5 Å². The number of carbonyl (C=O) groups is 1. The summed E-state index contributed by atoms with van der Waals surface area (Å²) >= 11 is 0. The van der Waals surface area contributed by atoms with Crippen LogP contribution in [0.4, 0.5) is 5.69 Å². The molecule has 32 heavy (non-hydrogen) atoms. The van der Waals surface area contributed by atoms with Crippen LogP contribution in [-0.4, -0.2) is 51.8 Å². The van der Waals surface area contributed by atoms with Crippen molar-refractivity contribution in [1.82, 2.24) is 15.0 Å². The van der Waals surface area contributed by atoms with Crippen LogP contribution < -0.4 is 9.64 Å². The standard InChI is InChI=1S/C24H34N4O4/c1-15-18(20(22(29)30)32-23(2,3)4)19(28-10-8-24(5,6)9-11-28)17(14-25-15)21-26-12-16(31-7)13-27-21/h12-14,20H,8-11H2,1-7H3,(H,29,30). The summed E-state index contributed by atoms with van der Waals surface area (Å²) < 4.78 is 11.2. The van der Waals surface area contributed by atoms with E-state index in [-0.39, 0.29) is 5.41 Å². The van der Waals surface area contributed by atoms with Crippen LogP contribution in [-0.2, 0) is 9.53 Å². The maximum Gasteiger partial charge on any atom is 0.337 e. The molecule has 1 aliphatic rings. The van der Waals surface area contributed by atoms with Crippen LogP contribution in [0.15, 0.2) is 18.6 Å². The number of anilines is 1. The molecule has 3 heterocycles. The second kappa shape index (κ2) is 9.02. The first-order chi connectivity index (χ1) is 14.9. The molecule has 0 bridgehead atoms. The first-order valence-electron chi connectivity index (χ1n) is 10.9. The van der Waals surface area contributed by atoms with Gasteiger partial charge in [-0.1, -0.05) is 13.8 Å². The number of ether oxygens (including phenoxy) is 2. The molecule has 0 saturated carbocycles. The summed E-state index contributed by atoms with van der Waals surface area (Å²) in [6.45, 7) is 13.5. The molecule has 1 unspecified atom stereocenters. The van der Waals surface area contributed by atoms with Gasteiger partial charge in [0.25, 0.3) is 0 Å². The first-order valence-corrected chi connectivity index (χ1v) is 10.9. The number of aromatic nitrogens is 3. The molecule has 0 radical (unpaired) electrons. The van der Waals surface area contributed by atoms with Gasteiger partial charge in [0.1, 0.15) is 0 Å². The molecule has 1 saturated heterocycles. The number of carboxylic acids is 1. The van der Waals surface area contributed by atoms with Crippen molar-refractivity contribution in [1.29, 1.82) is 0 Å². The van der Waals surface area contributed by atoms with E-state index in [1.165, 1.54) is 0 Å². The van der Waals surface area contributed by atoms with Crippen LogP contribution in [0, 0.1) is 12.3 Å². The molecule has 0 aliphatic carbocycles. The zero-order valence-electron chi connectivity index (χ0n) is 20.1. The van der Waals surface area contributed by atoms with Crippen LogP contribution >= 0.6 is 0 Å². The van der Waals surface area contributed by atoms with E-state index in [0.717, 1.165) is 31.6 Å². The van der Waals surface area contributed by atoms with Gasteiger partial charge in [-0.05, 0) is 46.0 Å². The van der Waals surface area contributed by atoms with Gasteiger partial charge >= 0.3 is 5.97 Å². The molecule has 2 aromatic heterocycles. The molecule has 0 amide bonds. The van der Waals surface area contributed by atoms with Crippen molar-refractivity contribution in [2.45, 2.75) is 66.1 Å². The van der Waals surface area contributed by atoms with E-state index in [1.807, 2.05) is 27.7 Å². The normalized spacial score (nSPS) is 17.2. The molecule has 1 atom stereocenters. The Hall–Kier alpha value is -2.74. The van der Waals surface area contributed by atoms with Gasteiger partial charge in [-0.2, -0.15) is 0 Å². The van der Waals surface area contributed by atoms with E-state index < -0.39 is 17.7 Å². The quantitative estimate of drug-likeness (QED) is 0.702. The summed E-state index contributed by atoms with van der Waals surface area (Å²) in [6.07, 6.45) is 5.76. The Morgan fingerprint density at radius 3 is 2.22 bits per heavy atom. The summed E-state index contributed by atoms with van der Waals surface area (Å²) in [5.74, 6) is -0.0229. The number of hydrogen-bond acceptors (Lipinski definition) is 7. The maximum absolute atomic E-state index is 12.4. The highest BCUT2D eigenvalue weighted by molar-refractivity contribution is 5.84. The highest BCUT2D eigenvalue weighted by Crippen LogP contribution is 2.42. The fourth-order valence-electron chi connectivity index (χ4n) is 3.91. The molecule has 0 spiro atoms. The number of piperidine rings is 1. The van der Waals surface area contributed by atoms with E-state index >= 15 is 0 Å². The second-order valence-corrected chi connectivity index (χ2v) is 10.1. The Bertz CT molecular complexity index is 957. The van der Waals surface area contributed by atoms with E-state index in [4.69, 9.17) is 9.47 Å². The number of aryl methyl sites for hydroxylation is 1. The number of methoxy groups -OCH3 is 1. The van der Waals surface area contributed by atoms with Gasteiger partial charge in [0.05, 0.1) is 36.4 Å². The van der Waals surface area contributed by atoms with E-state index in [2.05, 4.69) is 33.7 Å². The van der Waals surface area contributed by atoms with Crippen molar-refractivity contribution in [2.75, 3.05) is 25.1 Å². The van der Waals surface area contributed by atoms with Crippen LogP contribution in [0.2, 0.25) is 0 Å². The number of nitrogens with zero attached hydrogens (tertiary/aromatic N) is 4. The molecule has 2 aromatic rings. The third-order valence-electron chi connectivity index (χ3n) is 5.78. The summed E-state index contributed by atoms with van der Waals surface area (Å²) in [7, 11) is 1.56. The predicted molar refractivity (Wildman–Crippen MR) is 123 cm³/mol. The average Bonchev–Trinajstić information content (AvgIpc) is 2.71. The molecule has 1 fully saturated rings. The molecule has 174 valence electrons. The molecule has 8 nitrogen and oxygen atoms in total. The molecular formula is C24H34N4O4. The van der Waals surface area contributed by atoms with Gasteiger partial charge in [-0.15, -0.1) is 0 Å². The van der Waals surface area contributed by atoms with Crippen LogP contribution in [0.5, 0.6) is 5.75 Å². The van der Waals surface area contributed by atoms with Gasteiger partial charge in [0.2, 0.25) is 0 Å². The SMILES string of the molecule is COc1cnc(-c2cnc(C)c(C(OC(C)(C)C)C(=O)O)c2N2CCC(C)(C)CC2)nc1. The minimum atomic E-state index is -1.16. The lowest BCUT2D eigenvalue weighted by molar-refractivity contribution is -0.160. The topological polar surface area (TPSA) is 97.7 Å². The van der Waals surface area contributed by atoms with Crippen molar-refractivity contribution >= 4 is 11.7 Å². The third-order valence-corrected chi connectivity index (χ3v) is 5.78. The minimum absolute atomic E-state index is 0.240. The van der Waals surface area contributed by atoms with Crippen molar-refractivity contribution < 1.29 is 19.4 Å². The summed E-state index contributed by atoms with van der Waals surface area (Å²) in [5, 5.41) is 10.1. The molecule has 1 N–H and O–H groups in total. The number of hydrogen-bond donors (Lipinski definition) is 1. The fourth-order valence-corrected chi connectivity index (χ4v) is 3.91. The minimum Gasteiger partial charge on any atom is -0.494 e. The monoisotopic (exact) mass is 442 g/mol. The smallest absolute Gasteiger partial charge is 0.337 e. The second-order valence-electron chi connectivity index (χ2n) is 10.1. The fraction of sp³-hybridized carbons (Fsp3) is 0.583. The lowest BCUT2D eigenvalue weighted by Gasteiger charge is -2.40. The van der Waals surface area contributed by atoms with Crippen molar-refractivity contribution in [3.8, 4) is 17.1 Å². The van der Waals surface area contributed by atoms with Gasteiger partial charge in [-0.25, -0.2) is 14.8 Å². The Labute approximate surface area is 190 Å². The highest BCUT2D eigenvalue weighted by atomic mass is 16.5. The average molecular weight is 443 g/mol. The third kappa shape index (κ3) is 5.35. The van der Waals surface area contributed by atoms with E-state index in [9.17, 15) is 9.90 Å². The van der Waals surface area contributed by atoms with Crippen LogP contribution in [0.25, 0.3) is 11.4 Å². The molecule has 8 heteroatoms. The molecule has 1 aliphatic heterocycles. The number of carboxylic acid groups (broad SMARTS) is 1. The number of pyridine rings is 1. The van der Waals surface area contributed by atoms with Gasteiger partial charge in [-0.3, -0.25) is 4.98 Å². The van der Waals surface area contributed by atoms with Crippen LogP contribution in [0.1, 0.15) is 64.8 Å². The van der Waals surface area contributed by atoms with E-state index in [1.54, 1.807) is 25.7 Å². The Kier molecular flexibility index (Phi) is 6.74. The molecular weight excluding hydrogens is 408 g/mol. The van der Waals surface area contributed by atoms with Crippen molar-refractivity contribution in [2.24, 2.45) is 5.41 Å². The molecule has 3 rings (SSSR count). The van der Waals surface area contributed by atoms with Crippen molar-refractivity contribution in [3.05, 3.63) is 29.8 Å². The number of aliphatic carboxylic acids is 1. The molecule has 0 aromatic carbocycles. The lowest BCUT2D eigenvalue weighted by Crippen LogP contribution is -2.39. The Balaban J connectivity index is 2.21. The summed E-state index contributed by atoms with van der Waals surface area (Å²) in [5.41, 5.74) is 2.25. The summed E-state index contributed by atoms with van der Waals surface area (Å²) in [4.78, 5) is 28.1. The zero-order chi connectivity index (χ0) is 23.7. The summed E-state index contributed by atoms with van der Waals surface area (Å²) in [6, 6.07) is 0. The van der Waals surface area contributed by atoms with Crippen molar-refractivity contribution in [3.63, 3.8) is 0 Å².